The summed E-state index contributed by atoms with van der Waals surface area (Å²) in [5, 5.41) is 4.11. The number of aromatic nitrogens is 1. The minimum absolute atomic E-state index is 0.0837. The molecule has 1 amide bonds. The lowest BCUT2D eigenvalue weighted by Crippen LogP contribution is -2.48. The number of thiocarbonyl (C=S) groups is 1. The summed E-state index contributed by atoms with van der Waals surface area (Å²) < 4.78 is 5.79. The predicted octanol–water partition coefficient (Wildman–Crippen LogP) is 4.68. The smallest absolute Gasteiger partial charge is 0.260 e. The maximum absolute atomic E-state index is 12.7. The molecule has 2 aliphatic heterocycles. The van der Waals surface area contributed by atoms with Crippen LogP contribution in [0.25, 0.3) is 0 Å². The van der Waals surface area contributed by atoms with Crippen molar-refractivity contribution in [3.05, 3.63) is 63.9 Å². The molecule has 2 fully saturated rings. The minimum Gasteiger partial charge on any atom is -0.468 e. The highest BCUT2D eigenvalue weighted by Crippen LogP contribution is 2.33. The first-order valence-corrected chi connectivity index (χ1v) is 12.8. The number of carbonyl (C=O) groups is 1. The van der Waals surface area contributed by atoms with Gasteiger partial charge in [-0.1, -0.05) is 41.9 Å². The van der Waals surface area contributed by atoms with Crippen LogP contribution in [0.3, 0.4) is 0 Å². The number of nitrogens with one attached hydrogen (secondary N) is 1. The van der Waals surface area contributed by atoms with Gasteiger partial charge in [-0.2, -0.15) is 0 Å². The maximum atomic E-state index is 12.7. The van der Waals surface area contributed by atoms with Crippen molar-refractivity contribution in [3.63, 3.8) is 0 Å². The SMILES string of the molecule is Cc1cc(Cl)nc(C)c1C(=O)NCCC(C)N1CCC(N2C(=S)OC[C@H]2c2ccccc2)CC1. The highest BCUT2D eigenvalue weighted by Gasteiger charge is 2.38. The van der Waals surface area contributed by atoms with Crippen LogP contribution in [-0.2, 0) is 4.74 Å². The number of likely N-dealkylation sites (tertiary alicyclic amines) is 1. The Labute approximate surface area is 212 Å². The molecule has 2 aromatic rings. The monoisotopic (exact) mass is 500 g/mol. The molecule has 0 spiro atoms. The molecule has 2 saturated heterocycles. The number of amides is 1. The summed E-state index contributed by atoms with van der Waals surface area (Å²) in [7, 11) is 0. The Balaban J connectivity index is 1.26. The molecule has 0 radical (unpaired) electrons. The topological polar surface area (TPSA) is 57.7 Å². The number of piperidine rings is 1. The van der Waals surface area contributed by atoms with Crippen LogP contribution in [0.15, 0.2) is 36.4 Å². The van der Waals surface area contributed by atoms with Gasteiger partial charge in [-0.25, -0.2) is 4.98 Å². The van der Waals surface area contributed by atoms with E-state index in [0.717, 1.165) is 37.9 Å². The van der Waals surface area contributed by atoms with Gasteiger partial charge >= 0.3 is 0 Å². The predicted molar refractivity (Wildman–Crippen MR) is 139 cm³/mol. The van der Waals surface area contributed by atoms with E-state index in [1.807, 2.05) is 19.9 Å². The van der Waals surface area contributed by atoms with Crippen molar-refractivity contribution in [2.45, 2.75) is 58.2 Å². The van der Waals surface area contributed by atoms with E-state index >= 15 is 0 Å². The number of carbonyl (C=O) groups excluding carboxylic acids is 1. The van der Waals surface area contributed by atoms with Gasteiger partial charge in [-0.05, 0) is 69.4 Å². The van der Waals surface area contributed by atoms with Crippen LogP contribution in [0.4, 0.5) is 0 Å². The summed E-state index contributed by atoms with van der Waals surface area (Å²) in [6.07, 6.45) is 3.00. The summed E-state index contributed by atoms with van der Waals surface area (Å²) in [5.74, 6) is -0.0837. The van der Waals surface area contributed by atoms with Gasteiger partial charge < -0.3 is 19.9 Å². The summed E-state index contributed by atoms with van der Waals surface area (Å²) in [6.45, 7) is 9.23. The lowest BCUT2D eigenvalue weighted by Gasteiger charge is -2.41. The average Bonchev–Trinajstić information content (AvgIpc) is 3.20. The fourth-order valence-electron chi connectivity index (χ4n) is 5.17. The van der Waals surface area contributed by atoms with Crippen LogP contribution in [-0.4, -0.2) is 64.2 Å². The van der Waals surface area contributed by atoms with Crippen molar-refractivity contribution >= 4 is 34.9 Å². The molecule has 1 aromatic heterocycles. The molecule has 1 N–H and O–H groups in total. The fraction of sp³-hybridized carbons (Fsp3) is 0.500. The van der Waals surface area contributed by atoms with Crippen LogP contribution in [0.5, 0.6) is 0 Å². The van der Waals surface area contributed by atoms with Crippen molar-refractivity contribution in [1.29, 1.82) is 0 Å². The first kappa shape index (κ1) is 24.9. The Morgan fingerprint density at radius 1 is 1.26 bits per heavy atom. The Morgan fingerprint density at radius 2 is 1.97 bits per heavy atom. The molecule has 3 heterocycles. The van der Waals surface area contributed by atoms with E-state index in [9.17, 15) is 4.79 Å². The summed E-state index contributed by atoms with van der Waals surface area (Å²) >= 11 is 11.6. The molecular weight excluding hydrogens is 468 g/mol. The minimum atomic E-state index is -0.0837. The number of pyridine rings is 1. The zero-order chi connectivity index (χ0) is 24.2. The lowest BCUT2D eigenvalue weighted by atomic mass is 9.98. The number of hydrogen-bond acceptors (Lipinski definition) is 5. The number of nitrogens with zero attached hydrogens (tertiary/aromatic N) is 3. The number of rotatable bonds is 7. The molecule has 34 heavy (non-hydrogen) atoms. The highest BCUT2D eigenvalue weighted by molar-refractivity contribution is 7.80. The van der Waals surface area contributed by atoms with Gasteiger partial charge in [-0.3, -0.25) is 4.79 Å². The molecule has 1 aromatic carbocycles. The van der Waals surface area contributed by atoms with Gasteiger partial charge in [0.2, 0.25) is 0 Å². The van der Waals surface area contributed by atoms with E-state index in [1.165, 1.54) is 5.56 Å². The van der Waals surface area contributed by atoms with Crippen molar-refractivity contribution in [1.82, 2.24) is 20.1 Å². The second-order valence-corrected chi connectivity index (χ2v) is 10.0. The van der Waals surface area contributed by atoms with E-state index in [0.29, 0.717) is 46.8 Å². The lowest BCUT2D eigenvalue weighted by molar-refractivity contribution is 0.0930. The van der Waals surface area contributed by atoms with Crippen molar-refractivity contribution in [2.75, 3.05) is 26.2 Å². The molecule has 4 rings (SSSR count). The van der Waals surface area contributed by atoms with Gasteiger partial charge in [0.1, 0.15) is 11.8 Å². The second-order valence-electron chi connectivity index (χ2n) is 9.29. The zero-order valence-corrected chi connectivity index (χ0v) is 21.7. The Morgan fingerprint density at radius 3 is 2.65 bits per heavy atom. The van der Waals surface area contributed by atoms with Crippen LogP contribution in [0.1, 0.15) is 59.4 Å². The van der Waals surface area contributed by atoms with E-state index < -0.39 is 0 Å². The molecular formula is C26H33ClN4O2S. The number of benzene rings is 1. The van der Waals surface area contributed by atoms with Gasteiger partial charge in [0.05, 0.1) is 17.3 Å². The zero-order valence-electron chi connectivity index (χ0n) is 20.1. The summed E-state index contributed by atoms with van der Waals surface area (Å²) in [6, 6.07) is 13.2. The van der Waals surface area contributed by atoms with E-state index in [4.69, 9.17) is 28.6 Å². The van der Waals surface area contributed by atoms with E-state index in [2.05, 4.69) is 51.3 Å². The fourth-order valence-corrected chi connectivity index (χ4v) is 5.80. The Hall–Kier alpha value is -2.22. The Bertz CT molecular complexity index is 1000. The second kappa shape index (κ2) is 11.0. The summed E-state index contributed by atoms with van der Waals surface area (Å²) in [4.78, 5) is 21.7. The number of hydrogen-bond donors (Lipinski definition) is 1. The number of halogens is 1. The normalized spacial score (nSPS) is 20.3. The molecule has 0 aliphatic carbocycles. The largest absolute Gasteiger partial charge is 0.468 e. The molecule has 182 valence electrons. The highest BCUT2D eigenvalue weighted by atomic mass is 35.5. The van der Waals surface area contributed by atoms with Crippen LogP contribution in [0.2, 0.25) is 5.15 Å². The maximum Gasteiger partial charge on any atom is 0.260 e. The molecule has 2 aliphatic rings. The standard InChI is InChI=1S/C26H33ClN4O2S/c1-17-15-23(27)29-19(3)24(17)25(32)28-12-9-18(2)30-13-10-21(11-14-30)31-22(16-33-26(31)34)20-7-5-4-6-8-20/h4-8,15,18,21-22H,9-14,16H2,1-3H3,(H,28,32)/t18?,22-/m0/s1. The third kappa shape index (κ3) is 5.53. The molecule has 8 heteroatoms. The number of ether oxygens (including phenoxy) is 1. The van der Waals surface area contributed by atoms with Gasteiger partial charge in [0.25, 0.3) is 11.1 Å². The molecule has 0 saturated carbocycles. The van der Waals surface area contributed by atoms with Crippen molar-refractivity contribution in [2.24, 2.45) is 0 Å². The first-order chi connectivity index (χ1) is 16.3. The van der Waals surface area contributed by atoms with Crippen LogP contribution >= 0.6 is 23.8 Å². The summed E-state index contributed by atoms with van der Waals surface area (Å²) in [5.41, 5.74) is 3.39. The third-order valence-electron chi connectivity index (χ3n) is 7.05. The quantitative estimate of drug-likeness (QED) is 0.440. The van der Waals surface area contributed by atoms with E-state index in [1.54, 1.807) is 6.07 Å². The molecule has 0 bridgehead atoms. The van der Waals surface area contributed by atoms with Crippen molar-refractivity contribution < 1.29 is 9.53 Å². The van der Waals surface area contributed by atoms with Crippen LogP contribution < -0.4 is 5.32 Å². The molecule has 6 nitrogen and oxygen atoms in total. The molecule has 2 atom stereocenters. The first-order valence-electron chi connectivity index (χ1n) is 12.0. The van der Waals surface area contributed by atoms with Crippen molar-refractivity contribution in [3.8, 4) is 0 Å². The van der Waals surface area contributed by atoms with E-state index in [-0.39, 0.29) is 11.9 Å². The van der Waals surface area contributed by atoms with Gasteiger partial charge in [0, 0.05) is 31.7 Å². The average molecular weight is 501 g/mol. The Kier molecular flexibility index (Phi) is 8.06. The van der Waals surface area contributed by atoms with Gasteiger partial charge in [0.15, 0.2) is 0 Å². The van der Waals surface area contributed by atoms with Crippen LogP contribution in [0, 0.1) is 13.8 Å². The van der Waals surface area contributed by atoms with Gasteiger partial charge in [-0.15, -0.1) is 0 Å². The number of aryl methyl sites for hydroxylation is 2. The third-order valence-corrected chi connectivity index (χ3v) is 7.57. The molecule has 1 unspecified atom stereocenters.